The predicted octanol–water partition coefficient (Wildman–Crippen LogP) is 1.98. The quantitative estimate of drug-likeness (QED) is 0.330. The Labute approximate surface area is 202 Å². The lowest BCUT2D eigenvalue weighted by atomic mass is 10.0. The van der Waals surface area contributed by atoms with Crippen LogP contribution in [0.4, 0.5) is 5.69 Å². The fourth-order valence-electron chi connectivity index (χ4n) is 4.77. The summed E-state index contributed by atoms with van der Waals surface area (Å²) in [5, 5.41) is 9.62. The zero-order valence-corrected chi connectivity index (χ0v) is 19.5. The Bertz CT molecular complexity index is 1530. The van der Waals surface area contributed by atoms with Crippen molar-refractivity contribution in [3.05, 3.63) is 84.2 Å². The molecule has 6 rings (SSSR count). The molecule has 2 aliphatic rings. The molecular formula is C25H24N6O3S. The van der Waals surface area contributed by atoms with Crippen molar-refractivity contribution in [3.8, 4) is 11.3 Å². The van der Waals surface area contributed by atoms with E-state index in [9.17, 15) is 13.2 Å². The van der Waals surface area contributed by atoms with Crippen LogP contribution in [-0.2, 0) is 16.6 Å². The van der Waals surface area contributed by atoms with Crippen molar-refractivity contribution in [1.82, 2.24) is 24.7 Å². The fourth-order valence-corrected chi connectivity index (χ4v) is 6.07. The minimum atomic E-state index is -3.63. The van der Waals surface area contributed by atoms with Gasteiger partial charge in [0.25, 0.3) is 5.91 Å². The van der Waals surface area contributed by atoms with Gasteiger partial charge >= 0.3 is 0 Å². The number of hydrogen-bond donors (Lipinski definition) is 4. The normalized spacial score (nSPS) is 19.6. The molecule has 0 aliphatic carbocycles. The van der Waals surface area contributed by atoms with Crippen molar-refractivity contribution < 1.29 is 13.2 Å². The second-order valence-corrected chi connectivity index (χ2v) is 10.5. The molecule has 2 aromatic heterocycles. The number of sulfonamides is 1. The molecule has 1 saturated heterocycles. The highest BCUT2D eigenvalue weighted by Crippen LogP contribution is 2.29. The van der Waals surface area contributed by atoms with Gasteiger partial charge in [-0.05, 0) is 47.5 Å². The van der Waals surface area contributed by atoms with E-state index in [2.05, 4.69) is 25.7 Å². The van der Waals surface area contributed by atoms with Gasteiger partial charge in [-0.2, -0.15) is 0 Å². The second-order valence-electron chi connectivity index (χ2n) is 8.76. The summed E-state index contributed by atoms with van der Waals surface area (Å²) in [7, 11) is -3.63. The highest BCUT2D eigenvalue weighted by Gasteiger charge is 2.32. The third-order valence-corrected chi connectivity index (χ3v) is 8.06. The van der Waals surface area contributed by atoms with E-state index < -0.39 is 10.0 Å². The molecule has 4 aromatic rings. The predicted molar refractivity (Wildman–Crippen MR) is 133 cm³/mol. The molecule has 0 spiro atoms. The van der Waals surface area contributed by atoms with E-state index in [1.54, 1.807) is 36.5 Å². The Morgan fingerprint density at radius 1 is 1.00 bits per heavy atom. The summed E-state index contributed by atoms with van der Waals surface area (Å²) in [6.45, 7) is 1.67. The maximum atomic E-state index is 12.9. The molecule has 2 aliphatic heterocycles. The van der Waals surface area contributed by atoms with Gasteiger partial charge in [0.05, 0.1) is 28.4 Å². The lowest BCUT2D eigenvalue weighted by molar-refractivity contribution is 0.0965. The number of carbonyl (C=O) groups is 1. The van der Waals surface area contributed by atoms with Crippen LogP contribution in [0.3, 0.4) is 0 Å². The SMILES string of the molecule is O=C1NCc2cc(-c3ccc(NC4CNCC4NS(=O)(=O)c4ccccc4)c4nccn34)ccc21. The summed E-state index contributed by atoms with van der Waals surface area (Å²) in [6, 6.07) is 17.7. The van der Waals surface area contributed by atoms with Crippen LogP contribution < -0.4 is 20.7 Å². The Hall–Kier alpha value is -3.73. The van der Waals surface area contributed by atoms with Crippen molar-refractivity contribution in [1.29, 1.82) is 0 Å². The first-order valence-electron chi connectivity index (χ1n) is 11.4. The van der Waals surface area contributed by atoms with Crippen LogP contribution in [0.1, 0.15) is 15.9 Å². The van der Waals surface area contributed by atoms with Crippen molar-refractivity contribution in [2.45, 2.75) is 23.5 Å². The van der Waals surface area contributed by atoms with Gasteiger partial charge in [0, 0.05) is 37.6 Å². The number of nitrogens with one attached hydrogen (secondary N) is 4. The molecule has 2 atom stereocenters. The van der Waals surface area contributed by atoms with Crippen LogP contribution in [0, 0.1) is 0 Å². The summed E-state index contributed by atoms with van der Waals surface area (Å²) in [5.41, 5.74) is 5.20. The molecule has 2 aromatic carbocycles. The van der Waals surface area contributed by atoms with E-state index in [1.807, 2.05) is 40.9 Å². The van der Waals surface area contributed by atoms with Crippen LogP contribution in [0.25, 0.3) is 16.9 Å². The molecule has 10 heteroatoms. The highest BCUT2D eigenvalue weighted by atomic mass is 32.2. The Morgan fingerprint density at radius 2 is 1.83 bits per heavy atom. The first kappa shape index (κ1) is 21.8. The monoisotopic (exact) mass is 488 g/mol. The zero-order valence-electron chi connectivity index (χ0n) is 18.7. The first-order valence-corrected chi connectivity index (χ1v) is 12.9. The fraction of sp³-hybridized carbons (Fsp3) is 0.200. The van der Waals surface area contributed by atoms with Crippen LogP contribution in [0.2, 0.25) is 0 Å². The molecule has 178 valence electrons. The van der Waals surface area contributed by atoms with Gasteiger partial charge in [0.2, 0.25) is 10.0 Å². The second kappa shape index (κ2) is 8.49. The van der Waals surface area contributed by atoms with E-state index in [1.165, 1.54) is 0 Å². The number of carbonyl (C=O) groups excluding carboxylic acids is 1. The van der Waals surface area contributed by atoms with Gasteiger partial charge in [0.1, 0.15) is 0 Å². The number of anilines is 1. The third kappa shape index (κ3) is 3.95. The number of hydrogen-bond acceptors (Lipinski definition) is 6. The van der Waals surface area contributed by atoms with Gasteiger partial charge in [0.15, 0.2) is 5.65 Å². The third-order valence-electron chi connectivity index (χ3n) is 6.55. The summed E-state index contributed by atoms with van der Waals surface area (Å²) in [4.78, 5) is 16.7. The molecule has 9 nitrogen and oxygen atoms in total. The van der Waals surface area contributed by atoms with Gasteiger partial charge < -0.3 is 16.0 Å². The van der Waals surface area contributed by atoms with Crippen LogP contribution in [-0.4, -0.2) is 48.9 Å². The Morgan fingerprint density at radius 3 is 2.69 bits per heavy atom. The number of amides is 1. The topological polar surface area (TPSA) is 117 Å². The van der Waals surface area contributed by atoms with Gasteiger partial charge in [-0.1, -0.05) is 24.3 Å². The Balaban J connectivity index is 1.27. The lowest BCUT2D eigenvalue weighted by Crippen LogP contribution is -2.46. The van der Waals surface area contributed by atoms with E-state index in [4.69, 9.17) is 0 Å². The van der Waals surface area contributed by atoms with Gasteiger partial charge in [-0.15, -0.1) is 0 Å². The maximum absolute atomic E-state index is 12.9. The van der Waals surface area contributed by atoms with E-state index in [0.717, 1.165) is 28.2 Å². The highest BCUT2D eigenvalue weighted by molar-refractivity contribution is 7.89. The van der Waals surface area contributed by atoms with Crippen LogP contribution >= 0.6 is 0 Å². The molecule has 1 amide bonds. The van der Waals surface area contributed by atoms with E-state index >= 15 is 0 Å². The van der Waals surface area contributed by atoms with Crippen molar-refractivity contribution in [2.75, 3.05) is 18.4 Å². The van der Waals surface area contributed by atoms with E-state index in [-0.39, 0.29) is 22.9 Å². The number of nitrogens with zero attached hydrogens (tertiary/aromatic N) is 2. The summed E-state index contributed by atoms with van der Waals surface area (Å²) in [6.07, 6.45) is 3.64. The van der Waals surface area contributed by atoms with Crippen molar-refractivity contribution >= 4 is 27.3 Å². The number of rotatable bonds is 6. The molecule has 0 radical (unpaired) electrons. The summed E-state index contributed by atoms with van der Waals surface area (Å²) in [5.74, 6) is -0.0403. The lowest BCUT2D eigenvalue weighted by Gasteiger charge is -2.23. The number of fused-ring (bicyclic) bond motifs is 2. The van der Waals surface area contributed by atoms with Crippen molar-refractivity contribution in [2.24, 2.45) is 0 Å². The summed E-state index contributed by atoms with van der Waals surface area (Å²) < 4.78 is 30.5. The molecule has 0 bridgehead atoms. The van der Waals surface area contributed by atoms with Crippen LogP contribution in [0.15, 0.2) is 78.0 Å². The minimum absolute atomic E-state index is 0.0403. The zero-order chi connectivity index (χ0) is 24.0. The Kier molecular flexibility index (Phi) is 5.28. The number of imidazole rings is 1. The average molecular weight is 489 g/mol. The smallest absolute Gasteiger partial charge is 0.251 e. The largest absolute Gasteiger partial charge is 0.376 e. The van der Waals surface area contributed by atoms with Crippen molar-refractivity contribution in [3.63, 3.8) is 0 Å². The molecule has 4 heterocycles. The van der Waals surface area contributed by atoms with E-state index in [0.29, 0.717) is 25.2 Å². The molecular weight excluding hydrogens is 464 g/mol. The molecule has 0 saturated carbocycles. The molecule has 4 N–H and O–H groups in total. The maximum Gasteiger partial charge on any atom is 0.251 e. The minimum Gasteiger partial charge on any atom is -0.376 e. The van der Waals surface area contributed by atoms with Gasteiger partial charge in [-0.25, -0.2) is 18.1 Å². The number of benzene rings is 2. The average Bonchev–Trinajstić information content (AvgIpc) is 3.61. The number of pyridine rings is 1. The molecule has 35 heavy (non-hydrogen) atoms. The van der Waals surface area contributed by atoms with Gasteiger partial charge in [-0.3, -0.25) is 9.20 Å². The molecule has 1 fully saturated rings. The standard InChI is InChI=1S/C25H24N6O3S/c32-25-19-7-6-16(12-17(19)13-28-25)23-9-8-20(24-27-10-11-31(23)24)29-21-14-26-15-22(21)30-35(33,34)18-4-2-1-3-5-18/h1-12,21-22,26,29-30H,13-15H2,(H,28,32). The number of aromatic nitrogens is 2. The first-order chi connectivity index (χ1) is 17.0. The van der Waals surface area contributed by atoms with Crippen LogP contribution in [0.5, 0.6) is 0 Å². The molecule has 2 unspecified atom stereocenters. The summed E-state index contributed by atoms with van der Waals surface area (Å²) >= 11 is 0.